The van der Waals surface area contributed by atoms with E-state index in [0.29, 0.717) is 19.3 Å². The molecular weight excluding hydrogens is 997 g/mol. The SMILES string of the molecule is CCCCC/C=C\C/C=C\CCCCCCCCCC(=O)OC(COC(=O)CCCCCCCCCCCCCCCCCCCCC)COC1OC(C(=O)O)C(O)C(O)C1OC(=O)CCCCCCC/C=C\CCCCCC. The molecule has 1 heterocycles. The first-order valence-corrected chi connectivity index (χ1v) is 33.0. The van der Waals surface area contributed by atoms with E-state index in [4.69, 9.17) is 23.7 Å². The monoisotopic (exact) mass is 1120 g/mol. The van der Waals surface area contributed by atoms with Gasteiger partial charge in [-0.05, 0) is 77.0 Å². The summed E-state index contributed by atoms with van der Waals surface area (Å²) in [6.45, 7) is 5.99. The maximum Gasteiger partial charge on any atom is 0.335 e. The van der Waals surface area contributed by atoms with Crippen LogP contribution in [0.4, 0.5) is 0 Å². The van der Waals surface area contributed by atoms with Gasteiger partial charge in [-0.1, -0.05) is 256 Å². The minimum absolute atomic E-state index is 0.0525. The number of esters is 3. The lowest BCUT2D eigenvalue weighted by molar-refractivity contribution is -0.301. The van der Waals surface area contributed by atoms with Crippen LogP contribution in [-0.2, 0) is 42.9 Å². The van der Waals surface area contributed by atoms with Crippen LogP contribution in [0.25, 0.3) is 0 Å². The third-order valence-corrected chi connectivity index (χ3v) is 15.2. The third kappa shape index (κ3) is 45.2. The van der Waals surface area contributed by atoms with Gasteiger partial charge in [0.25, 0.3) is 0 Å². The summed E-state index contributed by atoms with van der Waals surface area (Å²) in [7, 11) is 0. The largest absolute Gasteiger partial charge is 0.479 e. The highest BCUT2D eigenvalue weighted by Crippen LogP contribution is 2.27. The number of carbonyl (C=O) groups is 4. The molecule has 0 amide bonds. The Morgan fingerprint density at radius 2 is 0.759 bits per heavy atom. The number of carbonyl (C=O) groups excluding carboxylic acids is 3. The summed E-state index contributed by atoms with van der Waals surface area (Å²) in [6.07, 6.45) is 53.9. The molecular formula is C67H120O12. The first-order valence-electron chi connectivity index (χ1n) is 33.0. The quantitative estimate of drug-likeness (QED) is 0.0228. The van der Waals surface area contributed by atoms with E-state index in [1.54, 1.807) is 0 Å². The van der Waals surface area contributed by atoms with E-state index in [0.717, 1.165) is 96.3 Å². The second-order valence-electron chi connectivity index (χ2n) is 22.8. The second kappa shape index (κ2) is 55.5. The molecule has 1 fully saturated rings. The first kappa shape index (κ1) is 74.0. The average molecular weight is 1120 g/mol. The van der Waals surface area contributed by atoms with Crippen molar-refractivity contribution in [3.8, 4) is 0 Å². The van der Waals surface area contributed by atoms with Gasteiger partial charge in [0, 0.05) is 19.3 Å². The van der Waals surface area contributed by atoms with Crippen LogP contribution in [-0.4, -0.2) is 89.2 Å². The van der Waals surface area contributed by atoms with Gasteiger partial charge in [0.1, 0.15) is 18.8 Å². The van der Waals surface area contributed by atoms with E-state index in [-0.39, 0.29) is 25.9 Å². The highest BCUT2D eigenvalue weighted by molar-refractivity contribution is 5.74. The van der Waals surface area contributed by atoms with Crippen molar-refractivity contribution in [1.29, 1.82) is 0 Å². The number of hydrogen-bond acceptors (Lipinski definition) is 11. The molecule has 6 atom stereocenters. The molecule has 1 aliphatic rings. The summed E-state index contributed by atoms with van der Waals surface area (Å²) in [5.74, 6) is -3.11. The number of hydrogen-bond donors (Lipinski definition) is 3. The number of carboxylic acid groups (broad SMARTS) is 1. The van der Waals surface area contributed by atoms with Gasteiger partial charge in [-0.25, -0.2) is 4.79 Å². The van der Waals surface area contributed by atoms with Gasteiger partial charge >= 0.3 is 23.9 Å². The van der Waals surface area contributed by atoms with Gasteiger partial charge in [-0.3, -0.25) is 14.4 Å². The number of rotatable bonds is 57. The lowest BCUT2D eigenvalue weighted by atomic mass is 9.98. The van der Waals surface area contributed by atoms with Crippen LogP contribution in [0.5, 0.6) is 0 Å². The number of carboxylic acids is 1. The highest BCUT2D eigenvalue weighted by atomic mass is 16.7. The Hall–Kier alpha value is -3.06. The fraction of sp³-hybridized carbons (Fsp3) is 0.851. The van der Waals surface area contributed by atoms with Crippen molar-refractivity contribution in [2.24, 2.45) is 0 Å². The van der Waals surface area contributed by atoms with Crippen molar-refractivity contribution < 1.29 is 58.2 Å². The van der Waals surface area contributed by atoms with E-state index in [2.05, 4.69) is 57.2 Å². The topological polar surface area (TPSA) is 175 Å². The summed E-state index contributed by atoms with van der Waals surface area (Å²) in [5.41, 5.74) is 0. The van der Waals surface area contributed by atoms with Gasteiger partial charge in [0.05, 0.1) is 6.61 Å². The molecule has 12 heteroatoms. The molecule has 1 saturated heterocycles. The molecule has 0 aromatic carbocycles. The number of aliphatic hydroxyl groups is 2. The van der Waals surface area contributed by atoms with Crippen LogP contribution in [0.2, 0.25) is 0 Å². The molecule has 12 nitrogen and oxygen atoms in total. The van der Waals surface area contributed by atoms with Crippen LogP contribution in [0.15, 0.2) is 36.5 Å². The Morgan fingerprint density at radius 3 is 1.19 bits per heavy atom. The Morgan fingerprint density at radius 1 is 0.418 bits per heavy atom. The molecule has 0 radical (unpaired) electrons. The van der Waals surface area contributed by atoms with Crippen molar-refractivity contribution >= 4 is 23.9 Å². The molecule has 0 aromatic heterocycles. The van der Waals surface area contributed by atoms with Crippen molar-refractivity contribution in [2.75, 3.05) is 13.2 Å². The Kier molecular flexibility index (Phi) is 51.9. The number of unbranched alkanes of at least 4 members (excludes halogenated alkanes) is 37. The molecule has 0 spiro atoms. The van der Waals surface area contributed by atoms with E-state index in [9.17, 15) is 34.5 Å². The van der Waals surface area contributed by atoms with E-state index in [1.807, 2.05) is 0 Å². The lowest BCUT2D eigenvalue weighted by Crippen LogP contribution is -2.61. The number of aliphatic carboxylic acids is 1. The van der Waals surface area contributed by atoms with Crippen LogP contribution >= 0.6 is 0 Å². The zero-order valence-electron chi connectivity index (χ0n) is 50.9. The molecule has 3 N–H and O–H groups in total. The van der Waals surface area contributed by atoms with E-state index < -0.39 is 67.3 Å². The number of ether oxygens (including phenoxy) is 5. The number of aliphatic hydroxyl groups excluding tert-OH is 2. The van der Waals surface area contributed by atoms with Crippen molar-refractivity contribution in [3.05, 3.63) is 36.5 Å². The highest BCUT2D eigenvalue weighted by Gasteiger charge is 2.50. The number of allylic oxidation sites excluding steroid dienone is 6. The molecule has 0 aliphatic carbocycles. The van der Waals surface area contributed by atoms with E-state index >= 15 is 0 Å². The minimum atomic E-state index is -1.90. The van der Waals surface area contributed by atoms with Gasteiger partial charge in [0.15, 0.2) is 24.6 Å². The van der Waals surface area contributed by atoms with Crippen LogP contribution in [0.3, 0.4) is 0 Å². The molecule has 460 valence electrons. The van der Waals surface area contributed by atoms with Crippen molar-refractivity contribution in [2.45, 2.75) is 353 Å². The maximum atomic E-state index is 13.2. The molecule has 0 saturated carbocycles. The minimum Gasteiger partial charge on any atom is -0.479 e. The smallest absolute Gasteiger partial charge is 0.335 e. The molecule has 1 rings (SSSR count). The molecule has 1 aliphatic heterocycles. The predicted molar refractivity (Wildman–Crippen MR) is 322 cm³/mol. The van der Waals surface area contributed by atoms with Gasteiger partial charge in [-0.15, -0.1) is 0 Å². The fourth-order valence-electron chi connectivity index (χ4n) is 10.1. The van der Waals surface area contributed by atoms with Crippen molar-refractivity contribution in [3.63, 3.8) is 0 Å². The zero-order valence-corrected chi connectivity index (χ0v) is 50.9. The molecule has 6 unspecified atom stereocenters. The second-order valence-corrected chi connectivity index (χ2v) is 22.8. The first-order chi connectivity index (χ1) is 38.6. The maximum absolute atomic E-state index is 13.2. The van der Waals surface area contributed by atoms with Gasteiger partial charge < -0.3 is 39.0 Å². The predicted octanol–water partition coefficient (Wildman–Crippen LogP) is 17.6. The Balaban J connectivity index is 2.64. The summed E-state index contributed by atoms with van der Waals surface area (Å²) in [5, 5.41) is 31.5. The summed E-state index contributed by atoms with van der Waals surface area (Å²) >= 11 is 0. The van der Waals surface area contributed by atoms with Crippen LogP contribution < -0.4 is 0 Å². The summed E-state index contributed by atoms with van der Waals surface area (Å²) in [4.78, 5) is 51.3. The van der Waals surface area contributed by atoms with E-state index in [1.165, 1.54) is 161 Å². The molecule has 0 bridgehead atoms. The lowest BCUT2D eigenvalue weighted by Gasteiger charge is -2.40. The van der Waals surface area contributed by atoms with Gasteiger partial charge in [0.2, 0.25) is 0 Å². The summed E-state index contributed by atoms with van der Waals surface area (Å²) in [6, 6.07) is 0. The Bertz CT molecular complexity index is 1510. The normalized spacial score (nSPS) is 18.0. The fourth-order valence-corrected chi connectivity index (χ4v) is 10.1. The van der Waals surface area contributed by atoms with Crippen molar-refractivity contribution in [1.82, 2.24) is 0 Å². The molecule has 0 aromatic rings. The summed E-state index contributed by atoms with van der Waals surface area (Å²) < 4.78 is 28.5. The zero-order chi connectivity index (χ0) is 57.5. The van der Waals surface area contributed by atoms with Crippen LogP contribution in [0, 0.1) is 0 Å². The average Bonchev–Trinajstić information content (AvgIpc) is 3.46. The Labute approximate surface area is 482 Å². The standard InChI is InChI=1S/C67H120O12/c1-4-7-10-13-16-19-22-25-27-29-30-32-33-36-38-41-44-47-50-53-59(68)75-56-58(77-60(69)54-51-48-45-42-40-37-34-31-28-26-23-20-17-14-11-8-5-2)57-76-67-65(63(72)62(71)64(79-67)66(73)74)78-61(70)55-52-49-46-43-39-35-24-21-18-15-12-9-6-3/h17,20-21,24,26,28,58,62-65,67,71-72H,4-16,18-19,22-23,25,27,29-57H2,1-3H3,(H,73,74)/b20-17-,24-21-,28-26-. The van der Waals surface area contributed by atoms with Gasteiger partial charge in [-0.2, -0.15) is 0 Å². The van der Waals surface area contributed by atoms with Crippen LogP contribution in [0.1, 0.15) is 316 Å². The molecule has 79 heavy (non-hydrogen) atoms. The third-order valence-electron chi connectivity index (χ3n) is 15.2.